The lowest BCUT2D eigenvalue weighted by atomic mass is 10.1. The second-order valence-electron chi connectivity index (χ2n) is 6.47. The van der Waals surface area contributed by atoms with E-state index in [0.29, 0.717) is 5.82 Å². The van der Waals surface area contributed by atoms with Gasteiger partial charge in [0.15, 0.2) is 6.17 Å². The van der Waals surface area contributed by atoms with Crippen molar-refractivity contribution >= 4 is 39.3 Å². The van der Waals surface area contributed by atoms with Gasteiger partial charge < -0.3 is 11.5 Å². The van der Waals surface area contributed by atoms with Gasteiger partial charge in [-0.1, -0.05) is 48.5 Å². The summed E-state index contributed by atoms with van der Waals surface area (Å²) in [4.78, 5) is 19.7. The minimum absolute atomic E-state index is 0.119. The van der Waals surface area contributed by atoms with E-state index in [-0.39, 0.29) is 11.9 Å². The van der Waals surface area contributed by atoms with Crippen molar-refractivity contribution in [1.29, 1.82) is 0 Å². The van der Waals surface area contributed by atoms with Crippen LogP contribution < -0.4 is 16.4 Å². The summed E-state index contributed by atoms with van der Waals surface area (Å²) in [6.45, 7) is 0. The number of guanidine groups is 2. The van der Waals surface area contributed by atoms with Crippen LogP contribution in [0.25, 0.3) is 21.5 Å². The van der Waals surface area contributed by atoms with Crippen LogP contribution in [0.15, 0.2) is 83.0 Å². The first-order chi connectivity index (χ1) is 13.7. The van der Waals surface area contributed by atoms with Gasteiger partial charge in [-0.3, -0.25) is 9.88 Å². The predicted molar refractivity (Wildman–Crippen MR) is 112 cm³/mol. The van der Waals surface area contributed by atoms with Gasteiger partial charge >= 0.3 is 0 Å². The predicted octanol–water partition coefficient (Wildman–Crippen LogP) is 2.93. The molecule has 0 saturated heterocycles. The third-order valence-corrected chi connectivity index (χ3v) is 4.80. The Kier molecular flexibility index (Phi) is 3.65. The molecule has 0 amide bonds. The van der Waals surface area contributed by atoms with Crippen LogP contribution >= 0.6 is 0 Å². The van der Waals surface area contributed by atoms with Crippen molar-refractivity contribution in [2.24, 2.45) is 21.5 Å². The molecule has 0 saturated carbocycles. The summed E-state index contributed by atoms with van der Waals surface area (Å²) in [5.74, 6) is 1.01. The number of nitrogens with zero attached hydrogens (tertiary/aromatic N) is 5. The smallest absolute Gasteiger partial charge is 0.221 e. The van der Waals surface area contributed by atoms with Crippen LogP contribution in [-0.2, 0) is 0 Å². The van der Waals surface area contributed by atoms with Gasteiger partial charge in [-0.25, -0.2) is 9.98 Å². The molecular formula is C21H17N7. The maximum atomic E-state index is 6.31. The zero-order valence-corrected chi connectivity index (χ0v) is 14.9. The number of pyridine rings is 2. The zero-order valence-electron chi connectivity index (χ0n) is 14.9. The molecule has 7 heteroatoms. The number of nitrogens with two attached hydrogens (primary N) is 2. The molecule has 28 heavy (non-hydrogen) atoms. The van der Waals surface area contributed by atoms with Gasteiger partial charge in [0.05, 0.1) is 5.69 Å². The van der Waals surface area contributed by atoms with E-state index < -0.39 is 6.17 Å². The summed E-state index contributed by atoms with van der Waals surface area (Å²) in [5.41, 5.74) is 13.0. The standard InChI is InChI=1S/C21H17N7/c22-20-26-19(17-15-7-3-1-5-13(15)9-11-24-17)28(21(23)27-20)18-16-8-4-2-6-14(16)10-12-25-18/h1-12,19H,(H4,22,23,26,27). The Morgan fingerprint density at radius 1 is 0.750 bits per heavy atom. The molecule has 4 aromatic rings. The lowest BCUT2D eigenvalue weighted by molar-refractivity contribution is 0.713. The molecule has 1 aliphatic heterocycles. The first-order valence-corrected chi connectivity index (χ1v) is 8.86. The van der Waals surface area contributed by atoms with Crippen LogP contribution in [0.2, 0.25) is 0 Å². The summed E-state index contributed by atoms with van der Waals surface area (Å²) in [7, 11) is 0. The molecule has 0 radical (unpaired) electrons. The molecular weight excluding hydrogens is 350 g/mol. The average Bonchev–Trinajstić information content (AvgIpc) is 2.72. The number of rotatable bonds is 2. The van der Waals surface area contributed by atoms with Crippen molar-refractivity contribution in [3.8, 4) is 0 Å². The van der Waals surface area contributed by atoms with E-state index in [2.05, 4.69) is 20.0 Å². The molecule has 7 nitrogen and oxygen atoms in total. The van der Waals surface area contributed by atoms with Crippen molar-refractivity contribution in [1.82, 2.24) is 9.97 Å². The minimum Gasteiger partial charge on any atom is -0.369 e. The van der Waals surface area contributed by atoms with Crippen LogP contribution in [0, 0.1) is 0 Å². The first-order valence-electron chi connectivity index (χ1n) is 8.86. The number of hydrogen-bond donors (Lipinski definition) is 2. The molecule has 2 aromatic heterocycles. The van der Waals surface area contributed by atoms with Gasteiger partial charge in [0.1, 0.15) is 5.82 Å². The molecule has 1 aliphatic rings. The molecule has 4 N–H and O–H groups in total. The van der Waals surface area contributed by atoms with E-state index in [9.17, 15) is 0 Å². The van der Waals surface area contributed by atoms with Gasteiger partial charge in [-0.15, -0.1) is 0 Å². The average molecular weight is 367 g/mol. The SMILES string of the molecule is NC1=NC(c2nccc3ccccc23)N(c2nccc3ccccc23)C(N)=N1. The summed E-state index contributed by atoms with van der Waals surface area (Å²) in [5, 5.41) is 4.04. The lowest BCUT2D eigenvalue weighted by Gasteiger charge is -2.32. The highest BCUT2D eigenvalue weighted by molar-refractivity contribution is 6.09. The molecule has 0 fully saturated rings. The summed E-state index contributed by atoms with van der Waals surface area (Å²) in [6.07, 6.45) is 2.95. The fourth-order valence-electron chi connectivity index (χ4n) is 3.56. The Morgan fingerprint density at radius 2 is 1.39 bits per heavy atom. The summed E-state index contributed by atoms with van der Waals surface area (Å²) in [6, 6.07) is 19.9. The Hall–Kier alpha value is -4.00. The largest absolute Gasteiger partial charge is 0.369 e. The van der Waals surface area contributed by atoms with Gasteiger partial charge in [0.25, 0.3) is 0 Å². The third-order valence-electron chi connectivity index (χ3n) is 4.80. The number of benzene rings is 2. The van der Waals surface area contributed by atoms with E-state index in [1.807, 2.05) is 60.7 Å². The van der Waals surface area contributed by atoms with Crippen LogP contribution in [0.4, 0.5) is 5.82 Å². The number of fused-ring (bicyclic) bond motifs is 2. The second kappa shape index (κ2) is 6.31. The molecule has 0 bridgehead atoms. The topological polar surface area (TPSA) is 106 Å². The Labute approximate surface area is 161 Å². The van der Waals surface area contributed by atoms with Crippen molar-refractivity contribution < 1.29 is 0 Å². The molecule has 2 aromatic carbocycles. The molecule has 136 valence electrons. The summed E-state index contributed by atoms with van der Waals surface area (Å²) >= 11 is 0. The second-order valence-corrected chi connectivity index (χ2v) is 6.47. The fourth-order valence-corrected chi connectivity index (χ4v) is 3.56. The highest BCUT2D eigenvalue weighted by Gasteiger charge is 2.31. The maximum absolute atomic E-state index is 6.31. The molecule has 5 rings (SSSR count). The van der Waals surface area contributed by atoms with Crippen molar-refractivity contribution in [2.75, 3.05) is 4.90 Å². The fraction of sp³-hybridized carbons (Fsp3) is 0.0476. The van der Waals surface area contributed by atoms with Gasteiger partial charge in [0, 0.05) is 23.2 Å². The van der Waals surface area contributed by atoms with Crippen molar-refractivity contribution in [2.45, 2.75) is 6.17 Å². The van der Waals surface area contributed by atoms with Gasteiger partial charge in [-0.05, 0) is 22.9 Å². The maximum Gasteiger partial charge on any atom is 0.221 e. The monoisotopic (exact) mass is 367 g/mol. The first kappa shape index (κ1) is 16.2. The van der Waals surface area contributed by atoms with Crippen molar-refractivity contribution in [3.63, 3.8) is 0 Å². The van der Waals surface area contributed by atoms with E-state index in [1.54, 1.807) is 17.3 Å². The molecule has 0 aliphatic carbocycles. The number of hydrogen-bond acceptors (Lipinski definition) is 7. The van der Waals surface area contributed by atoms with Crippen molar-refractivity contribution in [3.05, 3.63) is 78.8 Å². The van der Waals surface area contributed by atoms with E-state index in [1.165, 1.54) is 0 Å². The summed E-state index contributed by atoms with van der Waals surface area (Å²) < 4.78 is 0. The minimum atomic E-state index is -0.568. The van der Waals surface area contributed by atoms with Crippen LogP contribution in [0.5, 0.6) is 0 Å². The molecule has 0 spiro atoms. The highest BCUT2D eigenvalue weighted by Crippen LogP contribution is 2.35. The Bertz CT molecular complexity index is 1250. The lowest BCUT2D eigenvalue weighted by Crippen LogP contribution is -2.45. The van der Waals surface area contributed by atoms with Crippen LogP contribution in [0.3, 0.4) is 0 Å². The highest BCUT2D eigenvalue weighted by atomic mass is 15.4. The third kappa shape index (κ3) is 2.52. The van der Waals surface area contributed by atoms with Gasteiger partial charge in [-0.2, -0.15) is 4.99 Å². The van der Waals surface area contributed by atoms with E-state index >= 15 is 0 Å². The number of aromatic nitrogens is 2. The molecule has 1 atom stereocenters. The Balaban J connectivity index is 1.76. The normalized spacial score (nSPS) is 16.9. The number of anilines is 1. The van der Waals surface area contributed by atoms with Crippen LogP contribution in [-0.4, -0.2) is 21.9 Å². The van der Waals surface area contributed by atoms with E-state index in [4.69, 9.17) is 11.5 Å². The zero-order chi connectivity index (χ0) is 19.1. The number of aliphatic imine (C=N–C) groups is 2. The van der Waals surface area contributed by atoms with E-state index in [0.717, 1.165) is 27.2 Å². The Morgan fingerprint density at radius 3 is 2.18 bits per heavy atom. The molecule has 3 heterocycles. The van der Waals surface area contributed by atoms with Gasteiger partial charge in [0.2, 0.25) is 11.9 Å². The van der Waals surface area contributed by atoms with Crippen LogP contribution in [0.1, 0.15) is 11.9 Å². The quantitative estimate of drug-likeness (QED) is 0.567. The molecule has 1 unspecified atom stereocenters.